The van der Waals surface area contributed by atoms with Gasteiger partial charge in [-0.3, -0.25) is 19.2 Å². The molecule has 0 heterocycles. The predicted molar refractivity (Wildman–Crippen MR) is 59.7 cm³/mol. The number of carbonyl (C=O) groups is 4. The van der Waals surface area contributed by atoms with Gasteiger partial charge in [0.05, 0.1) is 0 Å². The third-order valence-corrected chi connectivity index (χ3v) is 1.62. The average Bonchev–Trinajstić information content (AvgIpc) is 2.16. The Hall–Kier alpha value is -1.72. The molecule has 17 heavy (non-hydrogen) atoms. The third-order valence-electron chi connectivity index (χ3n) is 1.62. The summed E-state index contributed by atoms with van der Waals surface area (Å²) < 4.78 is 0. The van der Waals surface area contributed by atoms with E-state index in [0.29, 0.717) is 12.8 Å². The SMILES string of the molecule is CCC(=O)CC(=O)O.CCCC(=O)CC(=O)O. The zero-order valence-electron chi connectivity index (χ0n) is 10.1. The van der Waals surface area contributed by atoms with Gasteiger partial charge in [0.2, 0.25) is 0 Å². The number of carboxylic acids is 2. The Bertz CT molecular complexity index is 282. The van der Waals surface area contributed by atoms with Crippen LogP contribution in [0.4, 0.5) is 0 Å². The van der Waals surface area contributed by atoms with Gasteiger partial charge in [-0.05, 0) is 6.42 Å². The molecule has 98 valence electrons. The van der Waals surface area contributed by atoms with Gasteiger partial charge >= 0.3 is 11.9 Å². The smallest absolute Gasteiger partial charge is 0.310 e. The highest BCUT2D eigenvalue weighted by molar-refractivity contribution is 5.94. The molecule has 0 unspecified atom stereocenters. The molecule has 0 bridgehead atoms. The summed E-state index contributed by atoms with van der Waals surface area (Å²) in [5.74, 6) is -2.49. The van der Waals surface area contributed by atoms with Gasteiger partial charge < -0.3 is 10.2 Å². The van der Waals surface area contributed by atoms with Crippen LogP contribution in [0.15, 0.2) is 0 Å². The van der Waals surface area contributed by atoms with Crippen LogP contribution in [0, 0.1) is 0 Å². The molecule has 6 heteroatoms. The largest absolute Gasteiger partial charge is 0.481 e. The van der Waals surface area contributed by atoms with Crippen molar-refractivity contribution in [1.29, 1.82) is 0 Å². The summed E-state index contributed by atoms with van der Waals surface area (Å²) >= 11 is 0. The van der Waals surface area contributed by atoms with E-state index < -0.39 is 11.9 Å². The number of hydrogen-bond donors (Lipinski definition) is 2. The van der Waals surface area contributed by atoms with Gasteiger partial charge in [0.25, 0.3) is 0 Å². The fourth-order valence-electron chi connectivity index (χ4n) is 0.830. The third kappa shape index (κ3) is 16.9. The lowest BCUT2D eigenvalue weighted by Gasteiger charge is -1.90. The minimum Gasteiger partial charge on any atom is -0.481 e. The van der Waals surface area contributed by atoms with Crippen LogP contribution in [-0.4, -0.2) is 33.7 Å². The molecule has 2 N–H and O–H groups in total. The lowest BCUT2D eigenvalue weighted by Crippen LogP contribution is -2.05. The van der Waals surface area contributed by atoms with Crippen molar-refractivity contribution in [1.82, 2.24) is 0 Å². The molecule has 0 saturated carbocycles. The molecule has 0 amide bonds. The highest BCUT2D eigenvalue weighted by Crippen LogP contribution is 1.92. The van der Waals surface area contributed by atoms with Crippen LogP contribution >= 0.6 is 0 Å². The molecule has 0 rings (SSSR count). The first kappa shape index (κ1) is 17.7. The van der Waals surface area contributed by atoms with Gasteiger partial charge in [-0.25, -0.2) is 0 Å². The molecule has 0 aliphatic carbocycles. The Morgan fingerprint density at radius 3 is 1.47 bits per heavy atom. The van der Waals surface area contributed by atoms with E-state index in [1.807, 2.05) is 6.92 Å². The van der Waals surface area contributed by atoms with E-state index >= 15 is 0 Å². The standard InChI is InChI=1S/C6H10O3.C5H8O3/c1-2-3-5(7)4-6(8)9;1-2-4(6)3-5(7)8/h2-4H2,1H3,(H,8,9);2-3H2,1H3,(H,7,8). The summed E-state index contributed by atoms with van der Waals surface area (Å²) in [5.41, 5.74) is 0. The van der Waals surface area contributed by atoms with Crippen molar-refractivity contribution in [2.24, 2.45) is 0 Å². The number of hydrogen-bond acceptors (Lipinski definition) is 4. The molecule has 0 aliphatic heterocycles. The number of aliphatic carboxylic acids is 2. The maximum atomic E-state index is 10.5. The molecule has 0 radical (unpaired) electrons. The summed E-state index contributed by atoms with van der Waals surface area (Å²) in [4.78, 5) is 40.3. The van der Waals surface area contributed by atoms with E-state index in [-0.39, 0.29) is 24.4 Å². The monoisotopic (exact) mass is 246 g/mol. The van der Waals surface area contributed by atoms with E-state index in [9.17, 15) is 19.2 Å². The molecular formula is C11H18O6. The summed E-state index contributed by atoms with van der Waals surface area (Å²) in [7, 11) is 0. The van der Waals surface area contributed by atoms with Crippen LogP contribution in [0.3, 0.4) is 0 Å². The molecule has 0 aromatic heterocycles. The second-order valence-electron chi connectivity index (χ2n) is 3.32. The Labute approximate surface area is 99.6 Å². The molecule has 0 saturated heterocycles. The maximum absolute atomic E-state index is 10.5. The number of rotatable bonds is 7. The number of carbonyl (C=O) groups excluding carboxylic acids is 2. The van der Waals surface area contributed by atoms with Gasteiger partial charge in [0.15, 0.2) is 0 Å². The predicted octanol–water partition coefficient (Wildman–Crippen LogP) is 1.27. The fraction of sp³-hybridized carbons (Fsp3) is 0.636. The number of Topliss-reactive ketones (excluding diaryl/α,β-unsaturated/α-hetero) is 2. The van der Waals surface area contributed by atoms with Crippen LogP contribution in [0.25, 0.3) is 0 Å². The van der Waals surface area contributed by atoms with Crippen molar-refractivity contribution >= 4 is 23.5 Å². The quantitative estimate of drug-likeness (QED) is 0.655. The van der Waals surface area contributed by atoms with Gasteiger partial charge in [-0.1, -0.05) is 13.8 Å². The Morgan fingerprint density at radius 1 is 0.824 bits per heavy atom. The van der Waals surface area contributed by atoms with Crippen LogP contribution in [0.5, 0.6) is 0 Å². The van der Waals surface area contributed by atoms with Crippen molar-refractivity contribution in [3.63, 3.8) is 0 Å². The van der Waals surface area contributed by atoms with Gasteiger partial charge in [-0.15, -0.1) is 0 Å². The minimum absolute atomic E-state index is 0.190. The van der Waals surface area contributed by atoms with Crippen LogP contribution < -0.4 is 0 Å². The molecule has 0 aromatic rings. The van der Waals surface area contributed by atoms with E-state index in [4.69, 9.17) is 10.2 Å². The van der Waals surface area contributed by atoms with Crippen molar-refractivity contribution in [3.8, 4) is 0 Å². The molecule has 6 nitrogen and oxygen atoms in total. The average molecular weight is 246 g/mol. The number of carboxylic acid groups (broad SMARTS) is 2. The Kier molecular flexibility index (Phi) is 11.2. The molecule has 0 aromatic carbocycles. The summed E-state index contributed by atoms with van der Waals surface area (Å²) in [6, 6.07) is 0. The van der Waals surface area contributed by atoms with Crippen LogP contribution in [-0.2, 0) is 19.2 Å². The zero-order chi connectivity index (χ0) is 13.8. The topological polar surface area (TPSA) is 109 Å². The first-order chi connectivity index (χ1) is 7.83. The maximum Gasteiger partial charge on any atom is 0.310 e. The summed E-state index contributed by atoms with van der Waals surface area (Å²) in [5, 5.41) is 16.1. The first-order valence-corrected chi connectivity index (χ1v) is 5.30. The molecule has 0 spiro atoms. The van der Waals surface area contributed by atoms with E-state index in [1.54, 1.807) is 6.92 Å². The second kappa shape index (κ2) is 10.8. The highest BCUT2D eigenvalue weighted by atomic mass is 16.4. The minimum atomic E-state index is -1.04. The van der Waals surface area contributed by atoms with E-state index in [2.05, 4.69) is 0 Å². The molecule has 0 aliphatic rings. The summed E-state index contributed by atoms with van der Waals surface area (Å²) in [6.07, 6.45) is 0.759. The van der Waals surface area contributed by atoms with Crippen LogP contribution in [0.1, 0.15) is 46.0 Å². The second-order valence-corrected chi connectivity index (χ2v) is 3.32. The van der Waals surface area contributed by atoms with E-state index in [0.717, 1.165) is 6.42 Å². The lowest BCUT2D eigenvalue weighted by molar-refractivity contribution is -0.141. The summed E-state index contributed by atoms with van der Waals surface area (Å²) in [6.45, 7) is 3.49. The van der Waals surface area contributed by atoms with Gasteiger partial charge in [0, 0.05) is 12.8 Å². The highest BCUT2D eigenvalue weighted by Gasteiger charge is 2.04. The first-order valence-electron chi connectivity index (χ1n) is 5.30. The normalized spacial score (nSPS) is 8.82. The Balaban J connectivity index is 0. The van der Waals surface area contributed by atoms with Crippen molar-refractivity contribution in [3.05, 3.63) is 0 Å². The van der Waals surface area contributed by atoms with Crippen molar-refractivity contribution in [2.75, 3.05) is 0 Å². The zero-order valence-corrected chi connectivity index (χ0v) is 10.1. The lowest BCUT2D eigenvalue weighted by atomic mass is 10.2. The van der Waals surface area contributed by atoms with E-state index in [1.165, 1.54) is 0 Å². The molecule has 0 fully saturated rings. The van der Waals surface area contributed by atoms with Gasteiger partial charge in [0.1, 0.15) is 24.4 Å². The molecule has 0 atom stereocenters. The van der Waals surface area contributed by atoms with Crippen molar-refractivity contribution < 1.29 is 29.4 Å². The van der Waals surface area contributed by atoms with Crippen molar-refractivity contribution in [2.45, 2.75) is 46.0 Å². The Morgan fingerprint density at radius 2 is 1.24 bits per heavy atom. The van der Waals surface area contributed by atoms with Crippen LogP contribution in [0.2, 0.25) is 0 Å². The van der Waals surface area contributed by atoms with Gasteiger partial charge in [-0.2, -0.15) is 0 Å². The molecular weight excluding hydrogens is 228 g/mol. The number of ketones is 2. The fourth-order valence-corrected chi connectivity index (χ4v) is 0.830.